The van der Waals surface area contributed by atoms with Gasteiger partial charge in [0.05, 0.1) is 16.6 Å². The van der Waals surface area contributed by atoms with Gasteiger partial charge in [-0.2, -0.15) is 0 Å². The van der Waals surface area contributed by atoms with E-state index in [0.29, 0.717) is 13.1 Å². The second-order valence-electron chi connectivity index (χ2n) is 7.34. The number of aryl methyl sites for hydroxylation is 1. The van der Waals surface area contributed by atoms with Crippen molar-refractivity contribution in [2.24, 2.45) is 0 Å². The molecule has 2 aromatic heterocycles. The summed E-state index contributed by atoms with van der Waals surface area (Å²) in [6.07, 6.45) is 2.08. The van der Waals surface area contributed by atoms with Crippen molar-refractivity contribution in [2.75, 3.05) is 31.1 Å². The van der Waals surface area contributed by atoms with E-state index in [-0.39, 0.29) is 5.91 Å². The summed E-state index contributed by atoms with van der Waals surface area (Å²) in [6, 6.07) is 20.2. The standard InChI is InChI=1S/C23H22N4O/c1-17-6-4-7-18(16-17)23(28)26-14-12-25(13-15-26)22-21-10-5-11-27(21)20-9-3-2-8-19(20)24-22/h2-11,16H,12-15H2,1H3. The van der Waals surface area contributed by atoms with Gasteiger partial charge in [0.2, 0.25) is 0 Å². The Morgan fingerprint density at radius 3 is 2.50 bits per heavy atom. The van der Waals surface area contributed by atoms with Crippen molar-refractivity contribution < 1.29 is 4.79 Å². The summed E-state index contributed by atoms with van der Waals surface area (Å²) < 4.78 is 2.20. The maximum atomic E-state index is 12.8. The molecule has 2 aromatic carbocycles. The summed E-state index contributed by atoms with van der Waals surface area (Å²) in [4.78, 5) is 22.0. The lowest BCUT2D eigenvalue weighted by atomic mass is 10.1. The molecule has 0 bridgehead atoms. The number of hydrogen-bond acceptors (Lipinski definition) is 3. The van der Waals surface area contributed by atoms with Crippen LogP contribution in [0.3, 0.4) is 0 Å². The van der Waals surface area contributed by atoms with Gasteiger partial charge in [-0.15, -0.1) is 0 Å². The number of nitrogens with zero attached hydrogens (tertiary/aromatic N) is 4. The van der Waals surface area contributed by atoms with E-state index >= 15 is 0 Å². The molecule has 1 fully saturated rings. The number of piperazine rings is 1. The van der Waals surface area contributed by atoms with E-state index in [9.17, 15) is 4.79 Å². The SMILES string of the molecule is Cc1cccc(C(=O)N2CCN(c3nc4ccccc4n4cccc34)CC2)c1. The average molecular weight is 370 g/mol. The highest BCUT2D eigenvalue weighted by atomic mass is 16.2. The third kappa shape index (κ3) is 2.80. The molecule has 1 saturated heterocycles. The van der Waals surface area contributed by atoms with Gasteiger partial charge in [-0.25, -0.2) is 4.98 Å². The fourth-order valence-corrected chi connectivity index (χ4v) is 4.02. The molecule has 3 heterocycles. The number of fused-ring (bicyclic) bond motifs is 3. The second-order valence-corrected chi connectivity index (χ2v) is 7.34. The van der Waals surface area contributed by atoms with E-state index in [1.807, 2.05) is 48.2 Å². The quantitative estimate of drug-likeness (QED) is 0.539. The van der Waals surface area contributed by atoms with E-state index in [1.54, 1.807) is 0 Å². The number of para-hydroxylation sites is 2. The smallest absolute Gasteiger partial charge is 0.253 e. The van der Waals surface area contributed by atoms with Crippen LogP contribution in [-0.2, 0) is 0 Å². The highest BCUT2D eigenvalue weighted by Crippen LogP contribution is 2.26. The van der Waals surface area contributed by atoms with Gasteiger partial charge in [-0.3, -0.25) is 4.79 Å². The summed E-state index contributed by atoms with van der Waals surface area (Å²) in [5, 5.41) is 0. The molecule has 1 aliphatic rings. The lowest BCUT2D eigenvalue weighted by Gasteiger charge is -2.36. The number of benzene rings is 2. The summed E-state index contributed by atoms with van der Waals surface area (Å²) in [7, 11) is 0. The number of rotatable bonds is 2. The summed E-state index contributed by atoms with van der Waals surface area (Å²) in [5.74, 6) is 1.11. The van der Waals surface area contributed by atoms with E-state index in [2.05, 4.69) is 39.8 Å². The minimum absolute atomic E-state index is 0.114. The van der Waals surface area contributed by atoms with Crippen molar-refractivity contribution in [1.29, 1.82) is 0 Å². The zero-order chi connectivity index (χ0) is 19.1. The van der Waals surface area contributed by atoms with Crippen molar-refractivity contribution >= 4 is 28.3 Å². The highest BCUT2D eigenvalue weighted by molar-refractivity contribution is 5.94. The molecule has 5 heteroatoms. The summed E-state index contributed by atoms with van der Waals surface area (Å²) >= 11 is 0. The Kier molecular flexibility index (Phi) is 4.01. The maximum Gasteiger partial charge on any atom is 0.253 e. The van der Waals surface area contributed by atoms with Gasteiger partial charge < -0.3 is 14.2 Å². The first-order valence-electron chi connectivity index (χ1n) is 9.67. The topological polar surface area (TPSA) is 40.9 Å². The van der Waals surface area contributed by atoms with Crippen LogP contribution >= 0.6 is 0 Å². The number of carbonyl (C=O) groups is 1. The van der Waals surface area contributed by atoms with E-state index < -0.39 is 0 Å². The second kappa shape index (κ2) is 6.68. The Balaban J connectivity index is 1.41. The molecule has 1 amide bonds. The fourth-order valence-electron chi connectivity index (χ4n) is 4.02. The Labute approximate surface area is 163 Å². The van der Waals surface area contributed by atoms with Crippen LogP contribution in [0.2, 0.25) is 0 Å². The molecule has 0 spiro atoms. The minimum atomic E-state index is 0.114. The predicted octanol–water partition coefficient (Wildman–Crippen LogP) is 3.76. The molecule has 0 unspecified atom stereocenters. The molecule has 140 valence electrons. The molecule has 0 radical (unpaired) electrons. The van der Waals surface area contributed by atoms with Crippen LogP contribution in [0.5, 0.6) is 0 Å². The van der Waals surface area contributed by atoms with Crippen LogP contribution in [-0.4, -0.2) is 46.4 Å². The first-order chi connectivity index (χ1) is 13.7. The van der Waals surface area contributed by atoms with Crippen molar-refractivity contribution in [2.45, 2.75) is 6.92 Å². The van der Waals surface area contributed by atoms with Crippen molar-refractivity contribution in [3.8, 4) is 0 Å². The van der Waals surface area contributed by atoms with Crippen LogP contribution < -0.4 is 4.90 Å². The van der Waals surface area contributed by atoms with Crippen LogP contribution in [0.4, 0.5) is 5.82 Å². The molecular weight excluding hydrogens is 348 g/mol. The van der Waals surface area contributed by atoms with E-state index in [1.165, 1.54) is 0 Å². The van der Waals surface area contributed by atoms with Crippen LogP contribution in [0.15, 0.2) is 66.9 Å². The normalized spacial score (nSPS) is 14.8. The molecule has 28 heavy (non-hydrogen) atoms. The van der Waals surface area contributed by atoms with Crippen molar-refractivity contribution in [3.05, 3.63) is 78.0 Å². The Bertz CT molecular complexity index is 1170. The van der Waals surface area contributed by atoms with Crippen molar-refractivity contribution in [3.63, 3.8) is 0 Å². The Morgan fingerprint density at radius 2 is 1.68 bits per heavy atom. The third-order valence-corrected chi connectivity index (χ3v) is 5.48. The molecule has 0 N–H and O–H groups in total. The zero-order valence-corrected chi connectivity index (χ0v) is 15.9. The molecule has 5 nitrogen and oxygen atoms in total. The van der Waals surface area contributed by atoms with Gasteiger partial charge in [-0.05, 0) is 43.3 Å². The van der Waals surface area contributed by atoms with Crippen molar-refractivity contribution in [1.82, 2.24) is 14.3 Å². The van der Waals surface area contributed by atoms with Gasteiger partial charge in [0, 0.05) is 37.9 Å². The zero-order valence-electron chi connectivity index (χ0n) is 15.9. The van der Waals surface area contributed by atoms with E-state index in [0.717, 1.165) is 46.6 Å². The molecule has 5 rings (SSSR count). The number of aromatic nitrogens is 2. The third-order valence-electron chi connectivity index (χ3n) is 5.48. The molecule has 0 atom stereocenters. The molecule has 1 aliphatic heterocycles. The van der Waals surface area contributed by atoms with E-state index in [4.69, 9.17) is 4.98 Å². The van der Waals surface area contributed by atoms with Crippen LogP contribution in [0.1, 0.15) is 15.9 Å². The van der Waals surface area contributed by atoms with Gasteiger partial charge in [0.1, 0.15) is 0 Å². The fraction of sp³-hybridized carbons (Fsp3) is 0.217. The van der Waals surface area contributed by atoms with Gasteiger partial charge in [-0.1, -0.05) is 29.8 Å². The minimum Gasteiger partial charge on any atom is -0.351 e. The Morgan fingerprint density at radius 1 is 0.893 bits per heavy atom. The lowest BCUT2D eigenvalue weighted by Crippen LogP contribution is -2.49. The summed E-state index contributed by atoms with van der Waals surface area (Å²) in [5.41, 5.74) is 5.09. The number of anilines is 1. The average Bonchev–Trinajstić information content (AvgIpc) is 3.23. The maximum absolute atomic E-state index is 12.8. The lowest BCUT2D eigenvalue weighted by molar-refractivity contribution is 0.0746. The first kappa shape index (κ1) is 16.8. The summed E-state index contributed by atoms with van der Waals surface area (Å²) in [6.45, 7) is 4.98. The number of amides is 1. The van der Waals surface area contributed by atoms with Crippen LogP contribution in [0, 0.1) is 6.92 Å². The monoisotopic (exact) mass is 370 g/mol. The van der Waals surface area contributed by atoms with Gasteiger partial charge in [0.15, 0.2) is 5.82 Å². The largest absolute Gasteiger partial charge is 0.351 e. The molecule has 0 aliphatic carbocycles. The Hall–Kier alpha value is -3.34. The molecular formula is C23H22N4O. The van der Waals surface area contributed by atoms with Gasteiger partial charge >= 0.3 is 0 Å². The van der Waals surface area contributed by atoms with Gasteiger partial charge in [0.25, 0.3) is 5.91 Å². The molecule has 4 aromatic rings. The number of carbonyl (C=O) groups excluding carboxylic acids is 1. The predicted molar refractivity (Wildman–Crippen MR) is 112 cm³/mol. The number of hydrogen-bond donors (Lipinski definition) is 0. The first-order valence-corrected chi connectivity index (χ1v) is 9.67. The molecule has 0 saturated carbocycles. The van der Waals surface area contributed by atoms with Crippen LogP contribution in [0.25, 0.3) is 16.6 Å². The highest BCUT2D eigenvalue weighted by Gasteiger charge is 2.24.